The first-order valence-corrected chi connectivity index (χ1v) is 8.27. The lowest BCUT2D eigenvalue weighted by Gasteiger charge is -2.13. The number of nitrogens with two attached hydrogens (primary N) is 1. The van der Waals surface area contributed by atoms with Crippen LogP contribution in [0.5, 0.6) is 0 Å². The van der Waals surface area contributed by atoms with Gasteiger partial charge in [0, 0.05) is 12.1 Å². The number of aromatic nitrogens is 2. The summed E-state index contributed by atoms with van der Waals surface area (Å²) in [5, 5.41) is 16.0. The van der Waals surface area contributed by atoms with Gasteiger partial charge in [-0.15, -0.1) is 0 Å². The lowest BCUT2D eigenvalue weighted by Crippen LogP contribution is -2.27. The Labute approximate surface area is 151 Å². The molecular weight excluding hydrogens is 326 g/mol. The molecule has 0 saturated carbocycles. The van der Waals surface area contributed by atoms with Crippen LogP contribution in [0.15, 0.2) is 60.8 Å². The third kappa shape index (κ3) is 3.57. The van der Waals surface area contributed by atoms with Crippen molar-refractivity contribution in [2.45, 2.75) is 12.8 Å². The minimum Gasteiger partial charge on any atom is -0.382 e. The summed E-state index contributed by atoms with van der Waals surface area (Å²) < 4.78 is 1.47. The van der Waals surface area contributed by atoms with Crippen molar-refractivity contribution in [1.29, 1.82) is 5.26 Å². The van der Waals surface area contributed by atoms with Gasteiger partial charge in [-0.3, -0.25) is 4.79 Å². The molecule has 130 valence electrons. The first-order valence-electron chi connectivity index (χ1n) is 8.27. The van der Waals surface area contributed by atoms with Crippen LogP contribution in [0.2, 0.25) is 0 Å². The fourth-order valence-electron chi connectivity index (χ4n) is 2.65. The number of nitrogen functional groups attached to an aromatic ring is 1. The van der Waals surface area contributed by atoms with E-state index in [0.717, 1.165) is 0 Å². The van der Waals surface area contributed by atoms with Gasteiger partial charge in [-0.1, -0.05) is 37.3 Å². The number of anilines is 1. The van der Waals surface area contributed by atoms with Crippen molar-refractivity contribution in [2.24, 2.45) is 0 Å². The third-order valence-corrected chi connectivity index (χ3v) is 4.24. The number of hydrogen-bond acceptors (Lipinski definition) is 4. The van der Waals surface area contributed by atoms with Gasteiger partial charge in [-0.2, -0.15) is 10.4 Å². The van der Waals surface area contributed by atoms with Gasteiger partial charge in [-0.05, 0) is 35.7 Å². The number of amides is 1. The third-order valence-electron chi connectivity index (χ3n) is 4.24. The highest BCUT2D eigenvalue weighted by Gasteiger charge is 2.11. The maximum Gasteiger partial charge on any atom is 0.251 e. The molecule has 0 saturated heterocycles. The molecule has 1 heterocycles. The van der Waals surface area contributed by atoms with E-state index in [9.17, 15) is 4.79 Å². The molecule has 3 aromatic rings. The summed E-state index contributed by atoms with van der Waals surface area (Å²) >= 11 is 0. The minimum absolute atomic E-state index is 0.134. The van der Waals surface area contributed by atoms with E-state index in [-0.39, 0.29) is 17.6 Å². The molecule has 6 nitrogen and oxygen atoms in total. The molecule has 1 aromatic heterocycles. The van der Waals surface area contributed by atoms with E-state index in [2.05, 4.69) is 29.5 Å². The topological polar surface area (TPSA) is 96.7 Å². The maximum absolute atomic E-state index is 12.3. The van der Waals surface area contributed by atoms with E-state index in [1.165, 1.54) is 16.4 Å². The van der Waals surface area contributed by atoms with Crippen LogP contribution in [0.1, 0.15) is 34.3 Å². The van der Waals surface area contributed by atoms with Crippen LogP contribution in [-0.2, 0) is 0 Å². The zero-order valence-corrected chi connectivity index (χ0v) is 14.4. The van der Waals surface area contributed by atoms with Gasteiger partial charge in [0.25, 0.3) is 5.91 Å². The molecule has 0 spiro atoms. The predicted octanol–water partition coefficient (Wildman–Crippen LogP) is 2.86. The Morgan fingerprint density at radius 2 is 1.92 bits per heavy atom. The average molecular weight is 345 g/mol. The van der Waals surface area contributed by atoms with Crippen molar-refractivity contribution in [3.63, 3.8) is 0 Å². The van der Waals surface area contributed by atoms with E-state index in [1.54, 1.807) is 24.3 Å². The summed E-state index contributed by atoms with van der Waals surface area (Å²) in [5.41, 5.74) is 8.63. The Hall–Kier alpha value is -3.59. The highest BCUT2D eigenvalue weighted by atomic mass is 16.1. The van der Waals surface area contributed by atoms with Crippen molar-refractivity contribution in [3.05, 3.63) is 77.5 Å². The van der Waals surface area contributed by atoms with Crippen LogP contribution in [0.25, 0.3) is 5.69 Å². The second-order valence-electron chi connectivity index (χ2n) is 6.04. The molecule has 0 radical (unpaired) electrons. The van der Waals surface area contributed by atoms with Gasteiger partial charge in [0.1, 0.15) is 17.5 Å². The van der Waals surface area contributed by atoms with Crippen molar-refractivity contribution < 1.29 is 4.79 Å². The molecule has 26 heavy (non-hydrogen) atoms. The molecule has 6 heteroatoms. The highest BCUT2D eigenvalue weighted by molar-refractivity contribution is 5.94. The molecule has 0 unspecified atom stereocenters. The molecule has 0 bridgehead atoms. The van der Waals surface area contributed by atoms with Crippen LogP contribution in [-0.4, -0.2) is 22.2 Å². The van der Waals surface area contributed by atoms with Crippen LogP contribution in [0, 0.1) is 11.3 Å². The Bertz CT molecular complexity index is 939. The van der Waals surface area contributed by atoms with Crippen molar-refractivity contribution in [2.75, 3.05) is 12.3 Å². The number of nitrogens with one attached hydrogen (secondary N) is 1. The van der Waals surface area contributed by atoms with Gasteiger partial charge in [-0.25, -0.2) is 4.68 Å². The van der Waals surface area contributed by atoms with Crippen LogP contribution < -0.4 is 11.1 Å². The lowest BCUT2D eigenvalue weighted by atomic mass is 10.0. The SMILES string of the molecule is C[C@@H](CNC(=O)c1ccc(-n2ncc(C#N)c2N)cc1)c1ccccc1. The summed E-state index contributed by atoms with van der Waals surface area (Å²) in [6.45, 7) is 2.63. The number of nitrogens with zero attached hydrogens (tertiary/aromatic N) is 3. The van der Waals surface area contributed by atoms with Gasteiger partial charge >= 0.3 is 0 Å². The first kappa shape index (κ1) is 17.2. The Kier molecular flexibility index (Phi) is 4.99. The summed E-state index contributed by atoms with van der Waals surface area (Å²) in [6, 6.07) is 19.0. The Morgan fingerprint density at radius 3 is 2.54 bits per heavy atom. The van der Waals surface area contributed by atoms with E-state index in [4.69, 9.17) is 11.0 Å². The smallest absolute Gasteiger partial charge is 0.251 e. The second kappa shape index (κ2) is 7.53. The molecule has 1 amide bonds. The molecule has 0 aliphatic heterocycles. The number of benzene rings is 2. The molecule has 0 fully saturated rings. The number of nitriles is 1. The molecule has 3 N–H and O–H groups in total. The molecule has 0 aliphatic carbocycles. The molecular formula is C20H19N5O. The molecule has 3 rings (SSSR count). The van der Waals surface area contributed by atoms with Crippen LogP contribution in [0.4, 0.5) is 5.82 Å². The van der Waals surface area contributed by atoms with E-state index in [1.807, 2.05) is 24.3 Å². The van der Waals surface area contributed by atoms with Crippen molar-refractivity contribution in [1.82, 2.24) is 15.1 Å². The lowest BCUT2D eigenvalue weighted by molar-refractivity contribution is 0.0951. The van der Waals surface area contributed by atoms with Crippen molar-refractivity contribution >= 4 is 11.7 Å². The van der Waals surface area contributed by atoms with Crippen LogP contribution >= 0.6 is 0 Å². The number of hydrogen-bond donors (Lipinski definition) is 2. The minimum atomic E-state index is -0.134. The van der Waals surface area contributed by atoms with Crippen LogP contribution in [0.3, 0.4) is 0 Å². The summed E-state index contributed by atoms with van der Waals surface area (Å²) in [4.78, 5) is 12.3. The first-order chi connectivity index (χ1) is 12.6. The fourth-order valence-corrected chi connectivity index (χ4v) is 2.65. The molecule has 1 atom stereocenters. The predicted molar refractivity (Wildman–Crippen MR) is 99.9 cm³/mol. The zero-order valence-electron chi connectivity index (χ0n) is 14.4. The average Bonchev–Trinajstić information content (AvgIpc) is 3.07. The zero-order chi connectivity index (χ0) is 18.5. The monoisotopic (exact) mass is 345 g/mol. The van der Waals surface area contributed by atoms with Crippen molar-refractivity contribution in [3.8, 4) is 11.8 Å². The number of rotatable bonds is 5. The standard InChI is InChI=1S/C20H19N5O/c1-14(15-5-3-2-4-6-15)12-23-20(26)16-7-9-18(10-8-16)25-19(22)17(11-21)13-24-25/h2-10,13-14H,12,22H2,1H3,(H,23,26)/t14-/m0/s1. The number of carbonyl (C=O) groups is 1. The molecule has 0 aliphatic rings. The van der Waals surface area contributed by atoms with E-state index < -0.39 is 0 Å². The quantitative estimate of drug-likeness (QED) is 0.743. The molecule has 2 aromatic carbocycles. The van der Waals surface area contributed by atoms with Gasteiger partial charge in [0.15, 0.2) is 0 Å². The summed E-state index contributed by atoms with van der Waals surface area (Å²) in [6.07, 6.45) is 1.42. The summed E-state index contributed by atoms with van der Waals surface area (Å²) in [7, 11) is 0. The van der Waals surface area contributed by atoms with E-state index in [0.29, 0.717) is 23.4 Å². The normalized spacial score (nSPS) is 11.5. The van der Waals surface area contributed by atoms with E-state index >= 15 is 0 Å². The number of carbonyl (C=O) groups excluding carboxylic acids is 1. The second-order valence-corrected chi connectivity index (χ2v) is 6.04. The maximum atomic E-state index is 12.3. The largest absolute Gasteiger partial charge is 0.382 e. The van der Waals surface area contributed by atoms with Gasteiger partial charge in [0.2, 0.25) is 0 Å². The van der Waals surface area contributed by atoms with Gasteiger partial charge in [0.05, 0.1) is 11.9 Å². The summed E-state index contributed by atoms with van der Waals surface area (Å²) in [5.74, 6) is 0.375. The van der Waals surface area contributed by atoms with Gasteiger partial charge < -0.3 is 11.1 Å². The Balaban J connectivity index is 1.65. The fraction of sp³-hybridized carbons (Fsp3) is 0.150. The highest BCUT2D eigenvalue weighted by Crippen LogP contribution is 2.17. The Morgan fingerprint density at radius 1 is 1.23 bits per heavy atom.